The highest BCUT2D eigenvalue weighted by Gasteiger charge is 2.37. The van der Waals surface area contributed by atoms with E-state index in [4.69, 9.17) is 0 Å². The van der Waals surface area contributed by atoms with Gasteiger partial charge in [-0.05, 0) is 40.3 Å². The lowest BCUT2D eigenvalue weighted by molar-refractivity contribution is -0.136. The second-order valence-corrected chi connectivity index (χ2v) is 11.1. The minimum atomic E-state index is -4.39. The molecule has 2 unspecified atom stereocenters. The number of phenols is 1. The van der Waals surface area contributed by atoms with Crippen LogP contribution in [0.25, 0.3) is 0 Å². The third-order valence-electron chi connectivity index (χ3n) is 5.55. The second-order valence-electron chi connectivity index (χ2n) is 9.22. The van der Waals surface area contributed by atoms with Crippen molar-refractivity contribution in [1.29, 1.82) is 0 Å². The molecule has 2 aromatic rings. The minimum absolute atomic E-state index is 0.116. The zero-order chi connectivity index (χ0) is 22.2. The summed E-state index contributed by atoms with van der Waals surface area (Å²) in [6, 6.07) is 9.80. The Bertz CT molecular complexity index is 865. The van der Waals surface area contributed by atoms with Gasteiger partial charge in [-0.2, -0.15) is 13.2 Å². The van der Waals surface area contributed by atoms with E-state index in [1.54, 1.807) is 12.1 Å². The molecule has 0 aliphatic carbocycles. The monoisotopic (exact) mass is 424 g/mol. The quantitative estimate of drug-likeness (QED) is 0.494. The normalized spacial score (nSPS) is 15.3. The summed E-state index contributed by atoms with van der Waals surface area (Å²) >= 11 is 0. The van der Waals surface area contributed by atoms with Gasteiger partial charge < -0.3 is 5.11 Å². The number of rotatable bonds is 5. The van der Waals surface area contributed by atoms with E-state index >= 15 is 0 Å². The van der Waals surface area contributed by atoms with Gasteiger partial charge in [0.2, 0.25) is 0 Å². The molecule has 0 heterocycles. The SMILES string of the molecule is CCC(C)(Pc1ccccc1C(F)(F)F)c1cc(C(C)C)cc(C(C)(C)C)c1O. The predicted octanol–water partition coefficient (Wildman–Crippen LogP) is 7.46. The van der Waals surface area contributed by atoms with Crippen LogP contribution in [0.5, 0.6) is 5.75 Å². The van der Waals surface area contributed by atoms with Crippen molar-refractivity contribution >= 4 is 13.9 Å². The maximum atomic E-state index is 13.6. The molecule has 0 saturated heterocycles. The van der Waals surface area contributed by atoms with Crippen molar-refractivity contribution in [2.75, 3.05) is 0 Å². The molecule has 29 heavy (non-hydrogen) atoms. The molecule has 2 atom stereocenters. The highest BCUT2D eigenvalue weighted by molar-refractivity contribution is 7.48. The van der Waals surface area contributed by atoms with Crippen LogP contribution in [0.2, 0.25) is 0 Å². The zero-order valence-corrected chi connectivity index (χ0v) is 19.3. The van der Waals surface area contributed by atoms with Crippen molar-refractivity contribution in [3.63, 3.8) is 0 Å². The standard InChI is InChI=1S/C24H32F3OP/c1-8-23(7,29-20-12-10-9-11-17(20)24(25,26)27)19-14-16(15(2)3)13-18(21(19)28)22(4,5)6/h9-15,28-29H,8H2,1-7H3. The fourth-order valence-corrected chi connectivity index (χ4v) is 5.10. The second kappa shape index (κ2) is 8.30. The van der Waals surface area contributed by atoms with E-state index in [0.717, 1.165) is 22.8 Å². The molecule has 160 valence electrons. The smallest absolute Gasteiger partial charge is 0.417 e. The summed E-state index contributed by atoms with van der Waals surface area (Å²) in [6.45, 7) is 14.2. The average molecular weight is 424 g/mol. The molecule has 0 spiro atoms. The summed E-state index contributed by atoms with van der Waals surface area (Å²) in [4.78, 5) is 0. The van der Waals surface area contributed by atoms with E-state index in [2.05, 4.69) is 13.8 Å². The van der Waals surface area contributed by atoms with Gasteiger partial charge in [-0.3, -0.25) is 0 Å². The zero-order valence-electron chi connectivity index (χ0n) is 18.3. The predicted molar refractivity (Wildman–Crippen MR) is 118 cm³/mol. The molecule has 0 radical (unpaired) electrons. The number of benzene rings is 2. The van der Waals surface area contributed by atoms with E-state index < -0.39 is 16.9 Å². The summed E-state index contributed by atoms with van der Waals surface area (Å²) in [5, 5.41) is 10.9. The van der Waals surface area contributed by atoms with E-state index in [-0.39, 0.29) is 31.0 Å². The lowest BCUT2D eigenvalue weighted by Crippen LogP contribution is -2.24. The van der Waals surface area contributed by atoms with Crippen molar-refractivity contribution in [2.24, 2.45) is 0 Å². The molecule has 5 heteroatoms. The van der Waals surface area contributed by atoms with Crippen LogP contribution in [0.3, 0.4) is 0 Å². The molecule has 0 saturated carbocycles. The summed E-state index contributed by atoms with van der Waals surface area (Å²) in [5.74, 6) is 0.464. The largest absolute Gasteiger partial charge is 0.507 e. The van der Waals surface area contributed by atoms with Gasteiger partial charge in [-0.1, -0.05) is 87.4 Å². The lowest BCUT2D eigenvalue weighted by atomic mass is 9.80. The van der Waals surface area contributed by atoms with E-state index in [0.29, 0.717) is 6.42 Å². The fraction of sp³-hybridized carbons (Fsp3) is 0.500. The van der Waals surface area contributed by atoms with E-state index in [1.165, 1.54) is 6.07 Å². The molecule has 2 rings (SSSR count). The first-order valence-electron chi connectivity index (χ1n) is 10.0. The first-order valence-corrected chi connectivity index (χ1v) is 11.0. The van der Waals surface area contributed by atoms with E-state index in [1.807, 2.05) is 46.8 Å². The molecule has 1 N–H and O–H groups in total. The summed E-state index contributed by atoms with van der Waals surface area (Å²) in [5.41, 5.74) is 1.81. The Morgan fingerprint density at radius 1 is 0.931 bits per heavy atom. The third-order valence-corrected chi connectivity index (χ3v) is 7.43. The molecule has 0 aromatic heterocycles. The fourth-order valence-electron chi connectivity index (χ4n) is 3.47. The Kier molecular flexibility index (Phi) is 6.79. The maximum absolute atomic E-state index is 13.6. The van der Waals surface area contributed by atoms with Gasteiger partial charge >= 0.3 is 6.18 Å². The van der Waals surface area contributed by atoms with Crippen molar-refractivity contribution in [3.8, 4) is 5.75 Å². The molecular weight excluding hydrogens is 392 g/mol. The first kappa shape index (κ1) is 23.7. The Balaban J connectivity index is 2.69. The van der Waals surface area contributed by atoms with Crippen molar-refractivity contribution in [1.82, 2.24) is 0 Å². The van der Waals surface area contributed by atoms with Crippen LogP contribution in [0, 0.1) is 0 Å². The van der Waals surface area contributed by atoms with Gasteiger partial charge in [0.15, 0.2) is 0 Å². The van der Waals surface area contributed by atoms with Gasteiger partial charge in [0.1, 0.15) is 5.75 Å². The number of hydrogen-bond donors (Lipinski definition) is 1. The molecule has 0 aliphatic rings. The van der Waals surface area contributed by atoms with Crippen LogP contribution < -0.4 is 5.30 Å². The van der Waals surface area contributed by atoms with Gasteiger partial charge in [-0.15, -0.1) is 0 Å². The van der Waals surface area contributed by atoms with Gasteiger partial charge in [0, 0.05) is 10.7 Å². The van der Waals surface area contributed by atoms with Crippen molar-refractivity contribution in [3.05, 3.63) is 58.7 Å². The van der Waals surface area contributed by atoms with Crippen LogP contribution in [0.4, 0.5) is 13.2 Å². The van der Waals surface area contributed by atoms with Crippen LogP contribution in [-0.4, -0.2) is 5.11 Å². The maximum Gasteiger partial charge on any atom is 0.417 e. The van der Waals surface area contributed by atoms with Crippen LogP contribution >= 0.6 is 8.58 Å². The Morgan fingerprint density at radius 3 is 1.97 bits per heavy atom. The van der Waals surface area contributed by atoms with Crippen LogP contribution in [-0.2, 0) is 16.7 Å². The highest BCUT2D eigenvalue weighted by atomic mass is 31.1. The number of halogens is 3. The van der Waals surface area contributed by atoms with E-state index in [9.17, 15) is 18.3 Å². The van der Waals surface area contributed by atoms with Crippen LogP contribution in [0.1, 0.15) is 83.1 Å². The molecule has 0 fully saturated rings. The van der Waals surface area contributed by atoms with Gasteiger partial charge in [-0.25, -0.2) is 0 Å². The minimum Gasteiger partial charge on any atom is -0.507 e. The number of alkyl halides is 3. The van der Waals surface area contributed by atoms with Gasteiger partial charge in [0.25, 0.3) is 0 Å². The summed E-state index contributed by atoms with van der Waals surface area (Å²) in [6.07, 6.45) is -3.77. The Labute approximate surface area is 174 Å². The number of phenolic OH excluding ortho intramolecular Hbond substituents is 1. The third kappa shape index (κ3) is 5.15. The molecule has 1 nitrogen and oxygen atoms in total. The highest BCUT2D eigenvalue weighted by Crippen LogP contribution is 2.51. The molecule has 0 amide bonds. The molecule has 0 aliphatic heterocycles. The average Bonchev–Trinajstić information content (AvgIpc) is 2.60. The number of hydrogen-bond acceptors (Lipinski definition) is 1. The molecular formula is C24H32F3OP. The van der Waals surface area contributed by atoms with Crippen LogP contribution in [0.15, 0.2) is 36.4 Å². The first-order chi connectivity index (χ1) is 13.2. The molecule has 0 bridgehead atoms. The summed E-state index contributed by atoms with van der Waals surface area (Å²) < 4.78 is 40.7. The lowest BCUT2D eigenvalue weighted by Gasteiger charge is -2.34. The Hall–Kier alpha value is -1.54. The molecule has 2 aromatic carbocycles. The van der Waals surface area contributed by atoms with Gasteiger partial charge in [0.05, 0.1) is 5.56 Å². The topological polar surface area (TPSA) is 20.2 Å². The van der Waals surface area contributed by atoms with Crippen molar-refractivity contribution in [2.45, 2.75) is 77.6 Å². The number of aromatic hydroxyl groups is 1. The van der Waals surface area contributed by atoms with Crippen molar-refractivity contribution < 1.29 is 18.3 Å². The Morgan fingerprint density at radius 2 is 1.48 bits per heavy atom. The summed E-state index contributed by atoms with van der Waals surface area (Å²) in [7, 11) is -0.116.